The van der Waals surface area contributed by atoms with Gasteiger partial charge in [-0.25, -0.2) is 0 Å². The third-order valence-electron chi connectivity index (χ3n) is 6.76. The standard InChI is InChI=1S/C32H30O6/c1-33-24-13-10-21(11-14-24)20-6-8-22(9-7-20)26-19-38-28-18-31(37-5)30(36-4)17-25(28)32(26)23-12-15-27(34-2)29(16-23)35-3/h6-18H,19H2,1-5H3. The lowest BCUT2D eigenvalue weighted by atomic mass is 9.87. The van der Waals surface area contributed by atoms with Gasteiger partial charge in [-0.1, -0.05) is 42.5 Å². The molecule has 0 saturated carbocycles. The first-order valence-electron chi connectivity index (χ1n) is 12.2. The number of ether oxygens (including phenoxy) is 6. The molecule has 1 heterocycles. The molecule has 0 aromatic heterocycles. The molecule has 0 spiro atoms. The molecule has 0 fully saturated rings. The number of hydrogen-bond acceptors (Lipinski definition) is 6. The Labute approximate surface area is 223 Å². The van der Waals surface area contributed by atoms with Gasteiger partial charge in [0, 0.05) is 22.8 Å². The van der Waals surface area contributed by atoms with Crippen molar-refractivity contribution >= 4 is 11.1 Å². The number of methoxy groups -OCH3 is 5. The molecule has 0 atom stereocenters. The first-order chi connectivity index (χ1) is 18.6. The van der Waals surface area contributed by atoms with Gasteiger partial charge in [-0.05, 0) is 52.6 Å². The van der Waals surface area contributed by atoms with Gasteiger partial charge in [0.15, 0.2) is 23.0 Å². The van der Waals surface area contributed by atoms with E-state index in [1.54, 1.807) is 35.5 Å². The molecule has 6 heteroatoms. The first-order valence-corrected chi connectivity index (χ1v) is 12.2. The van der Waals surface area contributed by atoms with Gasteiger partial charge in [0.1, 0.15) is 18.1 Å². The van der Waals surface area contributed by atoms with Crippen LogP contribution in [0.4, 0.5) is 0 Å². The molecule has 0 aliphatic carbocycles. The minimum atomic E-state index is 0.397. The van der Waals surface area contributed by atoms with Crippen LogP contribution in [0.15, 0.2) is 78.9 Å². The fourth-order valence-corrected chi connectivity index (χ4v) is 4.76. The highest BCUT2D eigenvalue weighted by Crippen LogP contribution is 2.47. The Morgan fingerprint density at radius 3 is 1.63 bits per heavy atom. The van der Waals surface area contributed by atoms with Gasteiger partial charge in [-0.15, -0.1) is 0 Å². The molecule has 0 radical (unpaired) electrons. The van der Waals surface area contributed by atoms with Crippen LogP contribution in [0.25, 0.3) is 22.3 Å². The summed E-state index contributed by atoms with van der Waals surface area (Å²) in [5.74, 6) is 4.13. The summed E-state index contributed by atoms with van der Waals surface area (Å²) >= 11 is 0. The second-order valence-electron chi connectivity index (χ2n) is 8.72. The molecule has 0 unspecified atom stereocenters. The van der Waals surface area contributed by atoms with Crippen molar-refractivity contribution in [3.63, 3.8) is 0 Å². The van der Waals surface area contributed by atoms with E-state index in [0.29, 0.717) is 29.6 Å². The van der Waals surface area contributed by atoms with E-state index in [-0.39, 0.29) is 0 Å². The van der Waals surface area contributed by atoms with Crippen molar-refractivity contribution in [3.05, 3.63) is 95.6 Å². The van der Waals surface area contributed by atoms with Gasteiger partial charge < -0.3 is 28.4 Å². The SMILES string of the molecule is COc1ccc(-c2ccc(C3=C(c4ccc(OC)c(OC)c4)c4cc(OC)c(OC)cc4OC3)cc2)cc1. The Bertz CT molecular complexity index is 1470. The zero-order chi connectivity index (χ0) is 26.6. The van der Waals surface area contributed by atoms with E-state index in [2.05, 4.69) is 36.4 Å². The van der Waals surface area contributed by atoms with Gasteiger partial charge >= 0.3 is 0 Å². The molecule has 0 bridgehead atoms. The molecular formula is C32H30O6. The fourth-order valence-electron chi connectivity index (χ4n) is 4.76. The molecule has 5 rings (SSSR count). The molecule has 0 amide bonds. The van der Waals surface area contributed by atoms with Crippen LogP contribution in [0, 0.1) is 0 Å². The Morgan fingerprint density at radius 1 is 0.500 bits per heavy atom. The highest BCUT2D eigenvalue weighted by atomic mass is 16.5. The summed E-state index contributed by atoms with van der Waals surface area (Å²) in [6.07, 6.45) is 0. The van der Waals surface area contributed by atoms with Crippen LogP contribution in [-0.2, 0) is 0 Å². The summed E-state index contributed by atoms with van der Waals surface area (Å²) in [6, 6.07) is 26.3. The summed E-state index contributed by atoms with van der Waals surface area (Å²) in [5.41, 5.74) is 7.28. The van der Waals surface area contributed by atoms with Gasteiger partial charge in [0.05, 0.1) is 35.5 Å². The quantitative estimate of drug-likeness (QED) is 0.261. The average molecular weight is 511 g/mol. The van der Waals surface area contributed by atoms with Crippen LogP contribution in [0.5, 0.6) is 34.5 Å². The highest BCUT2D eigenvalue weighted by Gasteiger charge is 2.26. The van der Waals surface area contributed by atoms with Crippen molar-refractivity contribution in [2.45, 2.75) is 0 Å². The number of benzene rings is 4. The lowest BCUT2D eigenvalue weighted by molar-refractivity contribution is 0.339. The zero-order valence-electron chi connectivity index (χ0n) is 22.2. The lowest BCUT2D eigenvalue weighted by Gasteiger charge is -2.26. The van der Waals surface area contributed by atoms with Crippen LogP contribution in [0.3, 0.4) is 0 Å². The minimum absolute atomic E-state index is 0.397. The summed E-state index contributed by atoms with van der Waals surface area (Å²) < 4.78 is 33.8. The lowest BCUT2D eigenvalue weighted by Crippen LogP contribution is -2.12. The number of hydrogen-bond donors (Lipinski definition) is 0. The van der Waals surface area contributed by atoms with Gasteiger partial charge in [0.25, 0.3) is 0 Å². The molecule has 4 aromatic carbocycles. The molecule has 0 N–H and O–H groups in total. The Morgan fingerprint density at radius 2 is 1.03 bits per heavy atom. The topological polar surface area (TPSA) is 55.4 Å². The molecular weight excluding hydrogens is 480 g/mol. The third-order valence-corrected chi connectivity index (χ3v) is 6.76. The Kier molecular flexibility index (Phi) is 7.13. The molecule has 38 heavy (non-hydrogen) atoms. The van der Waals surface area contributed by atoms with Crippen molar-refractivity contribution in [1.29, 1.82) is 0 Å². The molecule has 194 valence electrons. The van der Waals surface area contributed by atoms with Crippen molar-refractivity contribution in [2.24, 2.45) is 0 Å². The van der Waals surface area contributed by atoms with Crippen LogP contribution in [0.1, 0.15) is 16.7 Å². The van der Waals surface area contributed by atoms with E-state index in [4.69, 9.17) is 28.4 Å². The predicted molar refractivity (Wildman–Crippen MR) is 149 cm³/mol. The highest BCUT2D eigenvalue weighted by molar-refractivity contribution is 6.02. The van der Waals surface area contributed by atoms with E-state index in [1.807, 2.05) is 42.5 Å². The number of rotatable bonds is 8. The summed E-state index contributed by atoms with van der Waals surface area (Å²) in [4.78, 5) is 0. The summed E-state index contributed by atoms with van der Waals surface area (Å²) in [7, 11) is 8.19. The summed E-state index contributed by atoms with van der Waals surface area (Å²) in [5, 5.41) is 0. The van der Waals surface area contributed by atoms with Gasteiger partial charge in [-0.3, -0.25) is 0 Å². The van der Waals surface area contributed by atoms with Crippen LogP contribution >= 0.6 is 0 Å². The second kappa shape index (κ2) is 10.8. The van der Waals surface area contributed by atoms with Crippen LogP contribution in [-0.4, -0.2) is 42.2 Å². The van der Waals surface area contributed by atoms with E-state index in [9.17, 15) is 0 Å². The molecule has 6 nitrogen and oxygen atoms in total. The third kappa shape index (κ3) is 4.61. The monoisotopic (exact) mass is 510 g/mol. The van der Waals surface area contributed by atoms with Crippen molar-refractivity contribution < 1.29 is 28.4 Å². The maximum absolute atomic E-state index is 6.26. The van der Waals surface area contributed by atoms with Crippen molar-refractivity contribution in [2.75, 3.05) is 42.2 Å². The zero-order valence-corrected chi connectivity index (χ0v) is 22.2. The van der Waals surface area contributed by atoms with Crippen molar-refractivity contribution in [1.82, 2.24) is 0 Å². The van der Waals surface area contributed by atoms with E-state index in [0.717, 1.165) is 50.5 Å². The summed E-state index contributed by atoms with van der Waals surface area (Å²) in [6.45, 7) is 0.397. The fraction of sp³-hybridized carbons (Fsp3) is 0.188. The Balaban J connectivity index is 1.67. The molecule has 4 aromatic rings. The molecule has 1 aliphatic heterocycles. The Hall–Kier alpha value is -4.58. The molecule has 0 saturated heterocycles. The van der Waals surface area contributed by atoms with E-state index in [1.165, 1.54) is 0 Å². The van der Waals surface area contributed by atoms with Crippen molar-refractivity contribution in [3.8, 4) is 45.6 Å². The van der Waals surface area contributed by atoms with Crippen LogP contribution < -0.4 is 28.4 Å². The largest absolute Gasteiger partial charge is 0.497 e. The van der Waals surface area contributed by atoms with Gasteiger partial charge in [0.2, 0.25) is 0 Å². The maximum atomic E-state index is 6.26. The molecule has 1 aliphatic rings. The van der Waals surface area contributed by atoms with E-state index >= 15 is 0 Å². The van der Waals surface area contributed by atoms with Crippen LogP contribution in [0.2, 0.25) is 0 Å². The normalized spacial score (nSPS) is 12.3. The first kappa shape index (κ1) is 25.1. The number of fused-ring (bicyclic) bond motifs is 1. The maximum Gasteiger partial charge on any atom is 0.164 e. The second-order valence-corrected chi connectivity index (χ2v) is 8.72. The van der Waals surface area contributed by atoms with E-state index < -0.39 is 0 Å². The minimum Gasteiger partial charge on any atom is -0.497 e. The smallest absolute Gasteiger partial charge is 0.164 e. The average Bonchev–Trinajstić information content (AvgIpc) is 2.99. The predicted octanol–water partition coefficient (Wildman–Crippen LogP) is 6.75. The van der Waals surface area contributed by atoms with Gasteiger partial charge in [-0.2, -0.15) is 0 Å².